The quantitative estimate of drug-likeness (QED) is 0.565. The summed E-state index contributed by atoms with van der Waals surface area (Å²) in [5, 5.41) is 17.2. The summed E-state index contributed by atoms with van der Waals surface area (Å²) < 4.78 is 0. The van der Waals surface area contributed by atoms with Crippen molar-refractivity contribution in [3.05, 3.63) is 12.2 Å². The van der Waals surface area contributed by atoms with Crippen LogP contribution in [0.25, 0.3) is 0 Å². The molecule has 0 fully saturated rings. The highest BCUT2D eigenvalue weighted by molar-refractivity contribution is 6.25. The zero-order valence-electron chi connectivity index (χ0n) is 10.6. The minimum Gasteiger partial charge on any atom is -0.298 e. The molecule has 0 heterocycles. The molecule has 2 atom stereocenters. The van der Waals surface area contributed by atoms with Gasteiger partial charge in [-0.3, -0.25) is 24.8 Å². The van der Waals surface area contributed by atoms with Gasteiger partial charge in [-0.1, -0.05) is 18.2 Å². The molecule has 0 aromatic heterocycles. The Morgan fingerprint density at radius 1 is 1.44 bits per heavy atom. The van der Waals surface area contributed by atoms with Crippen molar-refractivity contribution in [2.24, 2.45) is 17.3 Å². The van der Waals surface area contributed by atoms with Crippen LogP contribution in [0.1, 0.15) is 20.8 Å². The van der Waals surface area contributed by atoms with E-state index in [-0.39, 0.29) is 11.8 Å². The molecule has 18 heavy (non-hydrogen) atoms. The van der Waals surface area contributed by atoms with E-state index in [0.717, 1.165) is 0 Å². The number of hydroxylamine groups is 2. The molecule has 0 saturated heterocycles. The summed E-state index contributed by atoms with van der Waals surface area (Å²) in [5.74, 6) is -3.73. The van der Waals surface area contributed by atoms with Crippen molar-refractivity contribution in [2.75, 3.05) is 6.54 Å². The average molecular weight is 255 g/mol. The van der Waals surface area contributed by atoms with Gasteiger partial charge in [0.2, 0.25) is 0 Å². The van der Waals surface area contributed by atoms with Crippen molar-refractivity contribution in [1.29, 1.82) is 0 Å². The number of hydrogen-bond acceptors (Lipinski definition) is 6. The van der Waals surface area contributed by atoms with Gasteiger partial charge in [0.25, 0.3) is 0 Å². The van der Waals surface area contributed by atoms with Gasteiger partial charge in [0.05, 0.1) is 6.54 Å². The molecule has 0 aliphatic heterocycles. The van der Waals surface area contributed by atoms with E-state index in [0.29, 0.717) is 0 Å². The Balaban J connectivity index is 2.95. The maximum absolute atomic E-state index is 12.1. The lowest BCUT2D eigenvalue weighted by atomic mass is 9.72. The highest BCUT2D eigenvalue weighted by atomic mass is 16.8. The summed E-state index contributed by atoms with van der Waals surface area (Å²) >= 11 is 0. The second-order valence-corrected chi connectivity index (χ2v) is 5.11. The number of ketones is 3. The zero-order chi connectivity index (χ0) is 14.1. The number of rotatable bonds is 4. The van der Waals surface area contributed by atoms with Crippen LogP contribution in [-0.2, 0) is 14.4 Å². The summed E-state index contributed by atoms with van der Waals surface area (Å²) in [6.07, 6.45) is 2.73. The van der Waals surface area contributed by atoms with Gasteiger partial charge in [0, 0.05) is 11.3 Å². The average Bonchev–Trinajstić information content (AvgIpc) is 2.23. The maximum Gasteiger partial charge on any atom is 0.173 e. The normalized spacial score (nSPS) is 24.4. The van der Waals surface area contributed by atoms with Crippen LogP contribution in [0.15, 0.2) is 12.2 Å². The van der Waals surface area contributed by atoms with Gasteiger partial charge in [0.15, 0.2) is 17.3 Å². The van der Waals surface area contributed by atoms with Crippen LogP contribution < -0.4 is 0 Å². The van der Waals surface area contributed by atoms with Crippen LogP contribution in [0.3, 0.4) is 0 Å². The molecule has 1 aliphatic carbocycles. The SMILES string of the molecule is CC(CN(O)O)C(=O)C1C(=O)C=CC(C)(C)C1=O. The Bertz CT molecular complexity index is 411. The maximum atomic E-state index is 12.1. The molecule has 1 rings (SSSR count). The fourth-order valence-electron chi connectivity index (χ4n) is 1.86. The lowest BCUT2D eigenvalue weighted by molar-refractivity contribution is -0.310. The van der Waals surface area contributed by atoms with E-state index in [1.807, 2.05) is 0 Å². The molecule has 0 spiro atoms. The van der Waals surface area contributed by atoms with Crippen LogP contribution in [-0.4, -0.2) is 39.5 Å². The topological polar surface area (TPSA) is 94.9 Å². The molecule has 0 saturated carbocycles. The summed E-state index contributed by atoms with van der Waals surface area (Å²) in [5.41, 5.74) is -0.855. The Labute approximate surface area is 105 Å². The van der Waals surface area contributed by atoms with Gasteiger partial charge >= 0.3 is 0 Å². The highest BCUT2D eigenvalue weighted by Gasteiger charge is 2.44. The fraction of sp³-hybridized carbons (Fsp3) is 0.583. The van der Waals surface area contributed by atoms with E-state index in [2.05, 4.69) is 0 Å². The van der Waals surface area contributed by atoms with Crippen molar-refractivity contribution in [2.45, 2.75) is 20.8 Å². The molecule has 0 amide bonds. The van der Waals surface area contributed by atoms with Crippen molar-refractivity contribution >= 4 is 17.3 Å². The third kappa shape index (κ3) is 2.90. The van der Waals surface area contributed by atoms with E-state index in [1.165, 1.54) is 19.1 Å². The molecule has 6 heteroatoms. The third-order valence-electron chi connectivity index (χ3n) is 3.05. The van der Waals surface area contributed by atoms with Crippen LogP contribution in [0, 0.1) is 17.3 Å². The first-order chi connectivity index (χ1) is 8.16. The second kappa shape index (κ2) is 5.09. The molecular weight excluding hydrogens is 238 g/mol. The molecule has 6 nitrogen and oxygen atoms in total. The van der Waals surface area contributed by atoms with Gasteiger partial charge < -0.3 is 0 Å². The Kier molecular flexibility index (Phi) is 4.16. The molecule has 1 aliphatic rings. The summed E-state index contributed by atoms with van der Waals surface area (Å²) in [4.78, 5) is 35.7. The lowest BCUT2D eigenvalue weighted by Crippen LogP contribution is -2.45. The van der Waals surface area contributed by atoms with Crippen LogP contribution in [0.5, 0.6) is 0 Å². The van der Waals surface area contributed by atoms with Gasteiger partial charge in [-0.25, -0.2) is 0 Å². The van der Waals surface area contributed by atoms with Crippen molar-refractivity contribution in [3.8, 4) is 0 Å². The first-order valence-electron chi connectivity index (χ1n) is 5.63. The van der Waals surface area contributed by atoms with Gasteiger partial charge in [-0.15, -0.1) is 0 Å². The standard InChI is InChI=1S/C12H17NO5/c1-7(6-13(17)18)10(15)9-8(14)4-5-12(2,3)11(9)16/h4-5,7,9,17-18H,6H2,1-3H3. The molecule has 0 bridgehead atoms. The largest absolute Gasteiger partial charge is 0.298 e. The van der Waals surface area contributed by atoms with E-state index in [9.17, 15) is 14.4 Å². The predicted octanol–water partition coefficient (Wildman–Crippen LogP) is 0.622. The number of carbonyl (C=O) groups is 3. The number of Topliss-reactive ketones (excluding diaryl/α,β-unsaturated/α-hetero) is 2. The smallest absolute Gasteiger partial charge is 0.173 e. The predicted molar refractivity (Wildman–Crippen MR) is 60.9 cm³/mol. The van der Waals surface area contributed by atoms with E-state index >= 15 is 0 Å². The van der Waals surface area contributed by atoms with E-state index in [4.69, 9.17) is 10.4 Å². The molecule has 0 aromatic rings. The van der Waals surface area contributed by atoms with Crippen molar-refractivity contribution in [1.82, 2.24) is 5.23 Å². The highest BCUT2D eigenvalue weighted by Crippen LogP contribution is 2.30. The van der Waals surface area contributed by atoms with Gasteiger partial charge in [0.1, 0.15) is 5.92 Å². The van der Waals surface area contributed by atoms with Crippen LogP contribution in [0.2, 0.25) is 0 Å². The van der Waals surface area contributed by atoms with E-state index in [1.54, 1.807) is 13.8 Å². The summed E-state index contributed by atoms with van der Waals surface area (Å²) in [6, 6.07) is 0. The number of hydrogen-bond donors (Lipinski definition) is 2. The minimum absolute atomic E-state index is 0.124. The van der Waals surface area contributed by atoms with E-state index < -0.39 is 34.6 Å². The first kappa shape index (κ1) is 14.7. The molecule has 2 unspecified atom stereocenters. The number of nitrogens with zero attached hydrogens (tertiary/aromatic N) is 1. The van der Waals surface area contributed by atoms with Crippen molar-refractivity contribution < 1.29 is 24.8 Å². The summed E-state index contributed by atoms with van der Waals surface area (Å²) in [6.45, 7) is 4.36. The molecule has 0 radical (unpaired) electrons. The summed E-state index contributed by atoms with van der Waals surface area (Å²) in [7, 11) is 0. The molecule has 100 valence electrons. The van der Waals surface area contributed by atoms with Crippen LogP contribution >= 0.6 is 0 Å². The number of carbonyl (C=O) groups excluding carboxylic acids is 3. The second-order valence-electron chi connectivity index (χ2n) is 5.11. The zero-order valence-corrected chi connectivity index (χ0v) is 10.6. The minimum atomic E-state index is -1.33. The molecule has 0 aromatic carbocycles. The third-order valence-corrected chi connectivity index (χ3v) is 3.05. The van der Waals surface area contributed by atoms with Crippen LogP contribution in [0.4, 0.5) is 0 Å². The number of allylic oxidation sites excluding steroid dienone is 2. The monoisotopic (exact) mass is 255 g/mol. The first-order valence-corrected chi connectivity index (χ1v) is 5.63. The Morgan fingerprint density at radius 2 is 2.00 bits per heavy atom. The van der Waals surface area contributed by atoms with Crippen molar-refractivity contribution in [3.63, 3.8) is 0 Å². The lowest BCUT2D eigenvalue weighted by Gasteiger charge is -2.28. The molecular formula is C12H17NO5. The van der Waals surface area contributed by atoms with Gasteiger partial charge in [-0.05, 0) is 19.9 Å². The molecule has 2 N–H and O–H groups in total. The Morgan fingerprint density at radius 3 is 2.50 bits per heavy atom. The fourth-order valence-corrected chi connectivity index (χ4v) is 1.86. The Hall–Kier alpha value is -1.37. The van der Waals surface area contributed by atoms with Gasteiger partial charge in [-0.2, -0.15) is 0 Å².